The third kappa shape index (κ3) is 4.38. The summed E-state index contributed by atoms with van der Waals surface area (Å²) in [5.74, 6) is -1.80. The summed E-state index contributed by atoms with van der Waals surface area (Å²) < 4.78 is 6.39. The van der Waals surface area contributed by atoms with Gasteiger partial charge in [0, 0.05) is 25.7 Å². The zero-order valence-electron chi connectivity index (χ0n) is 19.5. The number of hydrogen-bond donors (Lipinski definition) is 3. The van der Waals surface area contributed by atoms with Crippen molar-refractivity contribution in [1.29, 1.82) is 0 Å². The lowest BCUT2D eigenvalue weighted by atomic mass is 9.70. The van der Waals surface area contributed by atoms with Crippen LogP contribution in [0.1, 0.15) is 51.5 Å². The number of ether oxygens (including phenoxy) is 1. The molecule has 3 N–H and O–H groups in total. The van der Waals surface area contributed by atoms with Gasteiger partial charge in [-0.2, -0.15) is 0 Å². The van der Waals surface area contributed by atoms with Gasteiger partial charge in [0.1, 0.15) is 11.6 Å². The summed E-state index contributed by atoms with van der Waals surface area (Å²) in [6.07, 6.45) is 3.02. The zero-order chi connectivity index (χ0) is 23.6. The van der Waals surface area contributed by atoms with Gasteiger partial charge in [-0.3, -0.25) is 14.4 Å². The van der Waals surface area contributed by atoms with E-state index in [-0.39, 0.29) is 36.5 Å². The monoisotopic (exact) mass is 457 g/mol. The van der Waals surface area contributed by atoms with Crippen molar-refractivity contribution < 1.29 is 24.2 Å². The summed E-state index contributed by atoms with van der Waals surface area (Å²) in [7, 11) is 0. The molecule has 4 rings (SSSR count). The highest BCUT2D eigenvalue weighted by Gasteiger charge is 2.74. The Morgan fingerprint density at radius 3 is 2.64 bits per heavy atom. The highest BCUT2D eigenvalue weighted by atomic mass is 16.5. The minimum Gasteiger partial charge on any atom is -0.396 e. The minimum absolute atomic E-state index is 0.0668. The predicted octanol–water partition coefficient (Wildman–Crippen LogP) is 1.36. The molecule has 3 heterocycles. The number of carbonyl (C=O) groups excluding carboxylic acids is 3. The number of fused-ring (bicyclic) bond motifs is 1. The summed E-state index contributed by atoms with van der Waals surface area (Å²) in [6.45, 7) is 4.69. The Balaban J connectivity index is 1.56. The summed E-state index contributed by atoms with van der Waals surface area (Å²) in [5, 5.41) is 15.0. The number of likely N-dealkylation sites (tertiary alicyclic amines) is 1. The van der Waals surface area contributed by atoms with Crippen molar-refractivity contribution in [3.63, 3.8) is 0 Å². The molecular weight excluding hydrogens is 422 g/mol. The molecule has 8 nitrogen and oxygen atoms in total. The fraction of sp³-hybridized carbons (Fsp3) is 0.640. The Hall–Kier alpha value is -2.45. The van der Waals surface area contributed by atoms with Crippen molar-refractivity contribution >= 4 is 17.7 Å². The van der Waals surface area contributed by atoms with E-state index in [9.17, 15) is 14.4 Å². The van der Waals surface area contributed by atoms with Crippen LogP contribution < -0.4 is 10.6 Å². The van der Waals surface area contributed by atoms with Crippen molar-refractivity contribution in [3.05, 3.63) is 35.9 Å². The number of benzene rings is 1. The number of carbonyl (C=O) groups is 3. The fourth-order valence-corrected chi connectivity index (χ4v) is 5.83. The third-order valence-electron chi connectivity index (χ3n) is 7.15. The third-order valence-corrected chi connectivity index (χ3v) is 7.15. The molecule has 2 unspecified atom stereocenters. The lowest BCUT2D eigenvalue weighted by Crippen LogP contribution is -2.56. The second-order valence-corrected chi connectivity index (χ2v) is 9.74. The molecule has 0 radical (unpaired) electrons. The highest BCUT2D eigenvalue weighted by Crippen LogP contribution is 2.58. The second-order valence-electron chi connectivity index (χ2n) is 9.74. The van der Waals surface area contributed by atoms with Gasteiger partial charge in [-0.15, -0.1) is 0 Å². The Kier molecular flexibility index (Phi) is 7.05. The van der Waals surface area contributed by atoms with E-state index >= 15 is 0 Å². The van der Waals surface area contributed by atoms with Gasteiger partial charge in [0.15, 0.2) is 0 Å². The topological polar surface area (TPSA) is 108 Å². The van der Waals surface area contributed by atoms with Gasteiger partial charge in [0.2, 0.25) is 17.7 Å². The number of nitrogens with one attached hydrogen (secondary N) is 2. The molecule has 0 saturated carbocycles. The number of unbranched alkanes of at least 4 members (excludes halogenated alkanes) is 2. The molecule has 180 valence electrons. The molecule has 2 bridgehead atoms. The lowest BCUT2D eigenvalue weighted by Gasteiger charge is -2.34. The molecule has 1 spiro atoms. The average molecular weight is 458 g/mol. The standard InChI is InChI=1S/C25H35N3O5/c1-16(2)27-23(31)21-25-12-11-18(33-25)19(22(30)26-15-17-9-5-3-6-10-17)20(25)24(32)28(21)13-7-4-8-14-29/h3,5-6,9-10,16,18-21,29H,4,7-8,11-15H2,1-2H3,(H,26,30)(H,27,31)/t18-,19+,20+,21?,25?/m1/s1. The van der Waals surface area contributed by atoms with Crippen LogP contribution in [0.5, 0.6) is 0 Å². The molecule has 8 heteroatoms. The van der Waals surface area contributed by atoms with Crippen LogP contribution in [0.4, 0.5) is 0 Å². The van der Waals surface area contributed by atoms with Gasteiger partial charge >= 0.3 is 0 Å². The quantitative estimate of drug-likeness (QED) is 0.460. The van der Waals surface area contributed by atoms with Crippen molar-refractivity contribution in [1.82, 2.24) is 15.5 Å². The molecule has 0 aromatic heterocycles. The number of aliphatic hydroxyl groups is 1. The molecule has 3 aliphatic rings. The van der Waals surface area contributed by atoms with Crippen LogP contribution in [0.15, 0.2) is 30.3 Å². The van der Waals surface area contributed by atoms with E-state index in [1.807, 2.05) is 44.2 Å². The van der Waals surface area contributed by atoms with Crippen LogP contribution in [-0.2, 0) is 25.7 Å². The Bertz CT molecular complexity index is 876. The first-order valence-electron chi connectivity index (χ1n) is 12.1. The molecule has 0 aliphatic carbocycles. The largest absolute Gasteiger partial charge is 0.396 e. The summed E-state index contributed by atoms with van der Waals surface area (Å²) in [5.41, 5.74) is 0.0361. The summed E-state index contributed by atoms with van der Waals surface area (Å²) >= 11 is 0. The van der Waals surface area contributed by atoms with E-state index in [0.717, 1.165) is 12.0 Å². The first-order chi connectivity index (χ1) is 15.9. The molecule has 3 aliphatic heterocycles. The number of amides is 3. The van der Waals surface area contributed by atoms with E-state index in [0.29, 0.717) is 38.8 Å². The summed E-state index contributed by atoms with van der Waals surface area (Å²) in [4.78, 5) is 41.9. The van der Waals surface area contributed by atoms with Gasteiger partial charge in [0.05, 0.1) is 17.9 Å². The Morgan fingerprint density at radius 2 is 1.94 bits per heavy atom. The molecule has 3 amide bonds. The molecule has 5 atom stereocenters. The van der Waals surface area contributed by atoms with E-state index < -0.39 is 23.5 Å². The van der Waals surface area contributed by atoms with Crippen LogP contribution in [-0.4, -0.2) is 64.7 Å². The zero-order valence-corrected chi connectivity index (χ0v) is 19.5. The van der Waals surface area contributed by atoms with E-state index in [4.69, 9.17) is 9.84 Å². The van der Waals surface area contributed by atoms with Gasteiger partial charge in [-0.1, -0.05) is 30.3 Å². The maximum atomic E-state index is 13.7. The molecular formula is C25H35N3O5. The molecule has 33 heavy (non-hydrogen) atoms. The number of aliphatic hydroxyl groups excluding tert-OH is 1. The smallest absolute Gasteiger partial charge is 0.246 e. The van der Waals surface area contributed by atoms with Crippen molar-refractivity contribution in [2.75, 3.05) is 13.2 Å². The van der Waals surface area contributed by atoms with Crippen molar-refractivity contribution in [3.8, 4) is 0 Å². The highest BCUT2D eigenvalue weighted by molar-refractivity contribution is 5.98. The Labute approximate surface area is 195 Å². The van der Waals surface area contributed by atoms with Gasteiger partial charge in [-0.05, 0) is 51.5 Å². The molecule has 3 saturated heterocycles. The number of nitrogens with zero attached hydrogens (tertiary/aromatic N) is 1. The predicted molar refractivity (Wildman–Crippen MR) is 122 cm³/mol. The number of hydrogen-bond acceptors (Lipinski definition) is 5. The fourth-order valence-electron chi connectivity index (χ4n) is 5.83. The van der Waals surface area contributed by atoms with Crippen molar-refractivity contribution in [2.45, 2.75) is 76.3 Å². The molecule has 1 aromatic carbocycles. The first kappa shape index (κ1) is 23.7. The molecule has 1 aromatic rings. The average Bonchev–Trinajstić information content (AvgIpc) is 3.43. The van der Waals surface area contributed by atoms with Crippen LogP contribution in [0.3, 0.4) is 0 Å². The SMILES string of the molecule is CC(C)NC(=O)C1N(CCCCCO)C(=O)[C@@H]2[C@@H](C(=O)NCc3ccccc3)[C@H]3CCC12O3. The van der Waals surface area contributed by atoms with Gasteiger partial charge < -0.3 is 25.4 Å². The van der Waals surface area contributed by atoms with Crippen LogP contribution in [0.25, 0.3) is 0 Å². The van der Waals surface area contributed by atoms with Crippen LogP contribution >= 0.6 is 0 Å². The van der Waals surface area contributed by atoms with Gasteiger partial charge in [-0.25, -0.2) is 0 Å². The maximum Gasteiger partial charge on any atom is 0.246 e. The normalized spacial score (nSPS) is 30.1. The first-order valence-corrected chi connectivity index (χ1v) is 12.1. The van der Waals surface area contributed by atoms with Crippen molar-refractivity contribution in [2.24, 2.45) is 11.8 Å². The second kappa shape index (κ2) is 9.81. The Morgan fingerprint density at radius 1 is 1.18 bits per heavy atom. The van der Waals surface area contributed by atoms with Crippen LogP contribution in [0.2, 0.25) is 0 Å². The summed E-state index contributed by atoms with van der Waals surface area (Å²) in [6, 6.07) is 8.86. The van der Waals surface area contributed by atoms with E-state index in [1.54, 1.807) is 4.90 Å². The maximum absolute atomic E-state index is 13.7. The number of rotatable bonds is 10. The van der Waals surface area contributed by atoms with E-state index in [1.165, 1.54) is 0 Å². The van der Waals surface area contributed by atoms with Gasteiger partial charge in [0.25, 0.3) is 0 Å². The van der Waals surface area contributed by atoms with E-state index in [2.05, 4.69) is 10.6 Å². The lowest BCUT2D eigenvalue weighted by molar-refractivity contribution is -0.142. The minimum atomic E-state index is -0.952. The van der Waals surface area contributed by atoms with Crippen LogP contribution in [0, 0.1) is 11.8 Å². The molecule has 3 fully saturated rings.